The fourth-order valence-electron chi connectivity index (χ4n) is 1.92. The SMILES string of the molecule is CCc1ccc(CC2CNCCO2)cc1. The summed E-state index contributed by atoms with van der Waals surface area (Å²) in [5.41, 5.74) is 2.78. The number of morpholine rings is 1. The maximum Gasteiger partial charge on any atom is 0.0740 e. The first kappa shape index (κ1) is 10.7. The third-order valence-electron chi connectivity index (χ3n) is 2.90. The van der Waals surface area contributed by atoms with Crippen LogP contribution in [-0.2, 0) is 17.6 Å². The van der Waals surface area contributed by atoms with Crippen LogP contribution >= 0.6 is 0 Å². The third-order valence-corrected chi connectivity index (χ3v) is 2.90. The smallest absolute Gasteiger partial charge is 0.0740 e. The fraction of sp³-hybridized carbons (Fsp3) is 0.538. The molecule has 2 rings (SSSR count). The second-order valence-electron chi connectivity index (χ2n) is 4.07. The van der Waals surface area contributed by atoms with Crippen LogP contribution in [0.3, 0.4) is 0 Å². The largest absolute Gasteiger partial charge is 0.375 e. The summed E-state index contributed by atoms with van der Waals surface area (Å²) in [5, 5.41) is 3.35. The number of rotatable bonds is 3. The minimum atomic E-state index is 0.353. The highest BCUT2D eigenvalue weighted by atomic mass is 16.5. The number of benzene rings is 1. The molecule has 1 aromatic carbocycles. The summed E-state index contributed by atoms with van der Waals surface area (Å²) >= 11 is 0. The molecule has 82 valence electrons. The van der Waals surface area contributed by atoms with Gasteiger partial charge in [0.2, 0.25) is 0 Å². The first-order chi connectivity index (χ1) is 7.38. The van der Waals surface area contributed by atoms with Crippen molar-refractivity contribution in [3.63, 3.8) is 0 Å². The topological polar surface area (TPSA) is 21.3 Å². The first-order valence-corrected chi connectivity index (χ1v) is 5.78. The van der Waals surface area contributed by atoms with Gasteiger partial charge in [-0.3, -0.25) is 0 Å². The molecule has 15 heavy (non-hydrogen) atoms. The molecule has 0 aliphatic carbocycles. The lowest BCUT2D eigenvalue weighted by molar-refractivity contribution is 0.0292. The quantitative estimate of drug-likeness (QED) is 0.812. The molecule has 1 aliphatic heterocycles. The van der Waals surface area contributed by atoms with Crippen LogP contribution in [0, 0.1) is 0 Å². The Balaban J connectivity index is 1.91. The van der Waals surface area contributed by atoms with Gasteiger partial charge in [-0.2, -0.15) is 0 Å². The highest BCUT2D eigenvalue weighted by Crippen LogP contribution is 2.10. The molecule has 1 saturated heterocycles. The molecule has 0 saturated carbocycles. The van der Waals surface area contributed by atoms with Gasteiger partial charge in [0, 0.05) is 13.1 Å². The molecule has 1 atom stereocenters. The van der Waals surface area contributed by atoms with Crippen LogP contribution in [0.15, 0.2) is 24.3 Å². The standard InChI is InChI=1S/C13H19NO/c1-2-11-3-5-12(6-4-11)9-13-10-14-7-8-15-13/h3-6,13-14H,2,7-10H2,1H3. The van der Waals surface area contributed by atoms with Gasteiger partial charge >= 0.3 is 0 Å². The summed E-state index contributed by atoms with van der Waals surface area (Å²) < 4.78 is 5.68. The van der Waals surface area contributed by atoms with E-state index in [0.29, 0.717) is 6.10 Å². The average Bonchev–Trinajstić information content (AvgIpc) is 2.31. The molecule has 0 spiro atoms. The van der Waals surface area contributed by atoms with Gasteiger partial charge in [-0.1, -0.05) is 31.2 Å². The number of hydrogen-bond donors (Lipinski definition) is 1. The number of ether oxygens (including phenoxy) is 1. The maximum atomic E-state index is 5.68. The molecule has 0 aromatic heterocycles. The van der Waals surface area contributed by atoms with Gasteiger partial charge in [-0.05, 0) is 24.0 Å². The van der Waals surface area contributed by atoms with Crippen LogP contribution in [0.1, 0.15) is 18.1 Å². The van der Waals surface area contributed by atoms with Crippen molar-refractivity contribution in [3.05, 3.63) is 35.4 Å². The molecular formula is C13H19NO. The third kappa shape index (κ3) is 3.05. The minimum Gasteiger partial charge on any atom is -0.375 e. The maximum absolute atomic E-state index is 5.68. The fourth-order valence-corrected chi connectivity index (χ4v) is 1.92. The number of hydrogen-bond acceptors (Lipinski definition) is 2. The van der Waals surface area contributed by atoms with Gasteiger partial charge in [-0.15, -0.1) is 0 Å². The monoisotopic (exact) mass is 205 g/mol. The molecule has 0 bridgehead atoms. The zero-order valence-electron chi connectivity index (χ0n) is 9.33. The van der Waals surface area contributed by atoms with E-state index in [1.807, 2.05) is 0 Å². The van der Waals surface area contributed by atoms with Crippen LogP contribution in [0.5, 0.6) is 0 Å². The van der Waals surface area contributed by atoms with Crippen molar-refractivity contribution in [1.29, 1.82) is 0 Å². The van der Waals surface area contributed by atoms with E-state index in [4.69, 9.17) is 4.74 Å². The zero-order chi connectivity index (χ0) is 10.5. The summed E-state index contributed by atoms with van der Waals surface area (Å²) in [5.74, 6) is 0. The summed E-state index contributed by atoms with van der Waals surface area (Å²) in [4.78, 5) is 0. The van der Waals surface area contributed by atoms with Gasteiger partial charge in [0.05, 0.1) is 12.7 Å². The Bertz CT molecular complexity index is 288. The normalized spacial score (nSPS) is 21.5. The molecule has 0 radical (unpaired) electrons. The number of aryl methyl sites for hydroxylation is 1. The lowest BCUT2D eigenvalue weighted by Gasteiger charge is -2.23. The van der Waals surface area contributed by atoms with Crippen LogP contribution < -0.4 is 5.32 Å². The molecule has 1 N–H and O–H groups in total. The molecule has 1 unspecified atom stereocenters. The second-order valence-corrected chi connectivity index (χ2v) is 4.07. The van der Waals surface area contributed by atoms with Crippen molar-refractivity contribution >= 4 is 0 Å². The van der Waals surface area contributed by atoms with E-state index in [-0.39, 0.29) is 0 Å². The molecule has 1 fully saturated rings. The minimum absolute atomic E-state index is 0.353. The van der Waals surface area contributed by atoms with E-state index in [2.05, 4.69) is 36.5 Å². The van der Waals surface area contributed by atoms with Crippen LogP contribution in [0.2, 0.25) is 0 Å². The van der Waals surface area contributed by atoms with Gasteiger partial charge in [0.25, 0.3) is 0 Å². The Hall–Kier alpha value is -0.860. The van der Waals surface area contributed by atoms with Gasteiger partial charge in [-0.25, -0.2) is 0 Å². The van der Waals surface area contributed by atoms with E-state index in [1.54, 1.807) is 0 Å². The van der Waals surface area contributed by atoms with Gasteiger partial charge in [0.1, 0.15) is 0 Å². The lowest BCUT2D eigenvalue weighted by atomic mass is 10.0. The van der Waals surface area contributed by atoms with Crippen molar-refractivity contribution in [1.82, 2.24) is 5.32 Å². The van der Waals surface area contributed by atoms with Crippen molar-refractivity contribution in [2.45, 2.75) is 25.9 Å². The Kier molecular flexibility index (Phi) is 3.75. The highest BCUT2D eigenvalue weighted by Gasteiger charge is 2.13. The van der Waals surface area contributed by atoms with Crippen molar-refractivity contribution in [2.24, 2.45) is 0 Å². The van der Waals surface area contributed by atoms with Crippen molar-refractivity contribution in [2.75, 3.05) is 19.7 Å². The average molecular weight is 205 g/mol. The van der Waals surface area contributed by atoms with Gasteiger partial charge < -0.3 is 10.1 Å². The Labute approximate surface area is 91.6 Å². The molecule has 1 aromatic rings. The van der Waals surface area contributed by atoms with E-state index >= 15 is 0 Å². The molecule has 2 nitrogen and oxygen atoms in total. The van der Waals surface area contributed by atoms with E-state index in [0.717, 1.165) is 32.5 Å². The van der Waals surface area contributed by atoms with E-state index in [9.17, 15) is 0 Å². The summed E-state index contributed by atoms with van der Waals surface area (Å²) in [7, 11) is 0. The predicted octanol–water partition coefficient (Wildman–Crippen LogP) is 1.78. The second kappa shape index (κ2) is 5.29. The summed E-state index contributed by atoms with van der Waals surface area (Å²) in [6, 6.07) is 8.87. The Morgan fingerprint density at radius 1 is 1.27 bits per heavy atom. The van der Waals surface area contributed by atoms with Crippen molar-refractivity contribution in [3.8, 4) is 0 Å². The first-order valence-electron chi connectivity index (χ1n) is 5.78. The van der Waals surface area contributed by atoms with Crippen LogP contribution in [0.25, 0.3) is 0 Å². The summed E-state index contributed by atoms with van der Waals surface area (Å²) in [6.07, 6.45) is 2.49. The Morgan fingerprint density at radius 2 is 2.00 bits per heavy atom. The Morgan fingerprint density at radius 3 is 2.60 bits per heavy atom. The molecular weight excluding hydrogens is 186 g/mol. The van der Waals surface area contributed by atoms with E-state index < -0.39 is 0 Å². The summed E-state index contributed by atoms with van der Waals surface area (Å²) in [6.45, 7) is 5.00. The van der Waals surface area contributed by atoms with Crippen molar-refractivity contribution < 1.29 is 4.74 Å². The van der Waals surface area contributed by atoms with Crippen LogP contribution in [-0.4, -0.2) is 25.8 Å². The molecule has 1 aliphatic rings. The van der Waals surface area contributed by atoms with E-state index in [1.165, 1.54) is 11.1 Å². The molecule has 1 heterocycles. The lowest BCUT2D eigenvalue weighted by Crippen LogP contribution is -2.39. The number of nitrogens with one attached hydrogen (secondary N) is 1. The van der Waals surface area contributed by atoms with Crippen LogP contribution in [0.4, 0.5) is 0 Å². The highest BCUT2D eigenvalue weighted by molar-refractivity contribution is 5.23. The zero-order valence-corrected chi connectivity index (χ0v) is 9.33. The predicted molar refractivity (Wildman–Crippen MR) is 62.1 cm³/mol. The molecule has 0 amide bonds. The molecule has 2 heteroatoms. The van der Waals surface area contributed by atoms with Gasteiger partial charge in [0.15, 0.2) is 0 Å².